The summed E-state index contributed by atoms with van der Waals surface area (Å²) in [6.07, 6.45) is 2.69. The van der Waals surface area contributed by atoms with Crippen LogP contribution in [-0.2, 0) is 6.54 Å². The van der Waals surface area contributed by atoms with Gasteiger partial charge >= 0.3 is 0 Å². The Hall–Kier alpha value is -1.02. The van der Waals surface area contributed by atoms with Crippen LogP contribution in [0, 0.1) is 0 Å². The molecular weight excluding hydrogens is 184 g/mol. The molecule has 0 heterocycles. The summed E-state index contributed by atoms with van der Waals surface area (Å²) in [5.41, 5.74) is 8.14. The molecule has 15 heavy (non-hydrogen) atoms. The molecule has 2 rings (SSSR count). The normalized spacial score (nSPS) is 15.7. The summed E-state index contributed by atoms with van der Waals surface area (Å²) in [6.45, 7) is 5.15. The van der Waals surface area contributed by atoms with Gasteiger partial charge in [0.1, 0.15) is 0 Å². The van der Waals surface area contributed by atoms with Gasteiger partial charge in [0.25, 0.3) is 0 Å². The van der Waals surface area contributed by atoms with Gasteiger partial charge in [0.2, 0.25) is 0 Å². The van der Waals surface area contributed by atoms with E-state index in [1.165, 1.54) is 24.1 Å². The molecule has 2 nitrogen and oxygen atoms in total. The molecule has 0 saturated heterocycles. The lowest BCUT2D eigenvalue weighted by atomic mass is 10.1. The molecule has 1 aromatic carbocycles. The highest BCUT2D eigenvalue weighted by molar-refractivity contribution is 5.50. The summed E-state index contributed by atoms with van der Waals surface area (Å²) >= 11 is 0. The summed E-state index contributed by atoms with van der Waals surface area (Å²) in [6, 6.07) is 10.0. The Morgan fingerprint density at radius 1 is 1.27 bits per heavy atom. The zero-order chi connectivity index (χ0) is 10.8. The van der Waals surface area contributed by atoms with Crippen molar-refractivity contribution in [2.75, 3.05) is 4.90 Å². The lowest BCUT2D eigenvalue weighted by Gasteiger charge is -2.29. The van der Waals surface area contributed by atoms with Crippen molar-refractivity contribution in [1.29, 1.82) is 0 Å². The molecule has 1 aliphatic rings. The van der Waals surface area contributed by atoms with E-state index in [0.29, 0.717) is 12.6 Å². The zero-order valence-electron chi connectivity index (χ0n) is 9.61. The molecule has 0 aromatic heterocycles. The lowest BCUT2D eigenvalue weighted by Crippen LogP contribution is -2.32. The Labute approximate surface area is 92.1 Å². The summed E-state index contributed by atoms with van der Waals surface area (Å²) in [5, 5.41) is 0. The van der Waals surface area contributed by atoms with Crippen LogP contribution in [-0.4, -0.2) is 12.1 Å². The standard InChI is InChI=1S/C13H20N2/c1-10(2)15(13-7-8-13)12-5-3-11(9-14)4-6-12/h3-6,10,13H,7-9,14H2,1-2H3. The van der Waals surface area contributed by atoms with Crippen LogP contribution in [0.4, 0.5) is 5.69 Å². The molecule has 1 aromatic rings. The highest BCUT2D eigenvalue weighted by Gasteiger charge is 2.30. The third-order valence-corrected chi connectivity index (χ3v) is 2.97. The third-order valence-electron chi connectivity index (χ3n) is 2.97. The van der Waals surface area contributed by atoms with Gasteiger partial charge in [-0.3, -0.25) is 0 Å². The SMILES string of the molecule is CC(C)N(c1ccc(CN)cc1)C1CC1. The van der Waals surface area contributed by atoms with E-state index in [1.807, 2.05) is 0 Å². The second kappa shape index (κ2) is 4.23. The Bertz CT molecular complexity index is 310. The second-order valence-electron chi connectivity index (χ2n) is 4.60. The molecule has 0 spiro atoms. The van der Waals surface area contributed by atoms with Gasteiger partial charge in [-0.2, -0.15) is 0 Å². The monoisotopic (exact) mass is 204 g/mol. The van der Waals surface area contributed by atoms with Gasteiger partial charge in [-0.15, -0.1) is 0 Å². The van der Waals surface area contributed by atoms with Crippen LogP contribution < -0.4 is 10.6 Å². The molecule has 82 valence electrons. The van der Waals surface area contributed by atoms with Crippen LogP contribution in [0.15, 0.2) is 24.3 Å². The summed E-state index contributed by atoms with van der Waals surface area (Å²) in [4.78, 5) is 2.51. The maximum Gasteiger partial charge on any atom is 0.0371 e. The minimum Gasteiger partial charge on any atom is -0.366 e. The van der Waals surface area contributed by atoms with E-state index in [1.54, 1.807) is 0 Å². The minimum atomic E-state index is 0.584. The van der Waals surface area contributed by atoms with E-state index in [4.69, 9.17) is 5.73 Å². The van der Waals surface area contributed by atoms with Crippen LogP contribution in [0.1, 0.15) is 32.3 Å². The molecule has 0 amide bonds. The molecule has 0 aliphatic heterocycles. The van der Waals surface area contributed by atoms with Crippen LogP contribution in [0.2, 0.25) is 0 Å². The maximum absolute atomic E-state index is 5.59. The quantitative estimate of drug-likeness (QED) is 0.816. The van der Waals surface area contributed by atoms with Gasteiger partial charge in [0.05, 0.1) is 0 Å². The third kappa shape index (κ3) is 2.32. The van der Waals surface area contributed by atoms with E-state index in [0.717, 1.165) is 6.04 Å². The summed E-state index contributed by atoms with van der Waals surface area (Å²) in [7, 11) is 0. The van der Waals surface area contributed by atoms with Gasteiger partial charge in [-0.25, -0.2) is 0 Å². The van der Waals surface area contributed by atoms with Crippen LogP contribution in [0.3, 0.4) is 0 Å². The highest BCUT2D eigenvalue weighted by atomic mass is 15.2. The summed E-state index contributed by atoms with van der Waals surface area (Å²) in [5.74, 6) is 0. The number of nitrogens with two attached hydrogens (primary N) is 1. The molecule has 0 radical (unpaired) electrons. The van der Waals surface area contributed by atoms with Gasteiger partial charge in [0.15, 0.2) is 0 Å². The second-order valence-corrected chi connectivity index (χ2v) is 4.60. The number of nitrogens with zero attached hydrogens (tertiary/aromatic N) is 1. The number of benzene rings is 1. The summed E-state index contributed by atoms with van der Waals surface area (Å²) < 4.78 is 0. The first-order valence-corrected chi connectivity index (χ1v) is 5.79. The Morgan fingerprint density at radius 2 is 1.87 bits per heavy atom. The maximum atomic E-state index is 5.59. The highest BCUT2D eigenvalue weighted by Crippen LogP contribution is 2.33. The Morgan fingerprint density at radius 3 is 2.27 bits per heavy atom. The van der Waals surface area contributed by atoms with Gasteiger partial charge in [-0.05, 0) is 44.4 Å². The van der Waals surface area contributed by atoms with Crippen molar-refractivity contribution in [3.8, 4) is 0 Å². The average molecular weight is 204 g/mol. The fourth-order valence-electron chi connectivity index (χ4n) is 2.09. The van der Waals surface area contributed by atoms with Crippen molar-refractivity contribution in [2.24, 2.45) is 5.73 Å². The number of anilines is 1. The van der Waals surface area contributed by atoms with E-state index in [9.17, 15) is 0 Å². The van der Waals surface area contributed by atoms with Crippen molar-refractivity contribution in [3.05, 3.63) is 29.8 Å². The first-order chi connectivity index (χ1) is 7.22. The topological polar surface area (TPSA) is 29.3 Å². The van der Waals surface area contributed by atoms with E-state index >= 15 is 0 Å². The predicted molar refractivity (Wildman–Crippen MR) is 65.0 cm³/mol. The van der Waals surface area contributed by atoms with Crippen molar-refractivity contribution in [1.82, 2.24) is 0 Å². The van der Waals surface area contributed by atoms with E-state index in [2.05, 4.69) is 43.0 Å². The predicted octanol–water partition coefficient (Wildman–Crippen LogP) is 2.52. The van der Waals surface area contributed by atoms with E-state index < -0.39 is 0 Å². The molecule has 0 atom stereocenters. The van der Waals surface area contributed by atoms with Crippen molar-refractivity contribution < 1.29 is 0 Å². The number of hydrogen-bond acceptors (Lipinski definition) is 2. The van der Waals surface area contributed by atoms with Gasteiger partial charge in [0, 0.05) is 24.3 Å². The zero-order valence-corrected chi connectivity index (χ0v) is 9.61. The molecule has 1 saturated carbocycles. The Kier molecular flexibility index (Phi) is 2.96. The molecule has 2 N–H and O–H groups in total. The van der Waals surface area contributed by atoms with Crippen LogP contribution in [0.5, 0.6) is 0 Å². The van der Waals surface area contributed by atoms with Crippen molar-refractivity contribution in [3.63, 3.8) is 0 Å². The fraction of sp³-hybridized carbons (Fsp3) is 0.538. The van der Waals surface area contributed by atoms with Crippen molar-refractivity contribution in [2.45, 2.75) is 45.3 Å². The van der Waals surface area contributed by atoms with Crippen LogP contribution >= 0.6 is 0 Å². The molecule has 2 heteroatoms. The smallest absolute Gasteiger partial charge is 0.0371 e. The van der Waals surface area contributed by atoms with Crippen LogP contribution in [0.25, 0.3) is 0 Å². The first kappa shape index (κ1) is 10.5. The number of hydrogen-bond donors (Lipinski definition) is 1. The molecule has 1 fully saturated rings. The first-order valence-electron chi connectivity index (χ1n) is 5.79. The minimum absolute atomic E-state index is 0.584. The lowest BCUT2D eigenvalue weighted by molar-refractivity contribution is 0.679. The van der Waals surface area contributed by atoms with Crippen molar-refractivity contribution >= 4 is 5.69 Å². The van der Waals surface area contributed by atoms with E-state index in [-0.39, 0.29) is 0 Å². The van der Waals surface area contributed by atoms with Gasteiger partial charge in [-0.1, -0.05) is 12.1 Å². The van der Waals surface area contributed by atoms with Gasteiger partial charge < -0.3 is 10.6 Å². The molecule has 0 unspecified atom stereocenters. The molecule has 1 aliphatic carbocycles. The molecule has 0 bridgehead atoms. The fourth-order valence-corrected chi connectivity index (χ4v) is 2.09. The average Bonchev–Trinajstić information content (AvgIpc) is 3.03. The Balaban J connectivity index is 2.18. The molecular formula is C13H20N2. The largest absolute Gasteiger partial charge is 0.366 e. The number of rotatable bonds is 4.